The van der Waals surface area contributed by atoms with Crippen molar-refractivity contribution in [1.82, 2.24) is 4.98 Å². The number of ether oxygens (including phenoxy) is 1. The number of methoxy groups -OCH3 is 1. The predicted octanol–water partition coefficient (Wildman–Crippen LogP) is 4.53. The van der Waals surface area contributed by atoms with E-state index in [2.05, 4.69) is 4.98 Å². The lowest BCUT2D eigenvalue weighted by molar-refractivity contribution is 0.0602. The maximum Gasteiger partial charge on any atom is 0.339 e. The van der Waals surface area contributed by atoms with Crippen molar-refractivity contribution >= 4 is 22.4 Å². The lowest BCUT2D eigenvalue weighted by Crippen LogP contribution is -2.08. The number of nitrogens with zero attached hydrogens (tertiary/aromatic N) is 1. The summed E-state index contributed by atoms with van der Waals surface area (Å²) in [4.78, 5) is 16.3. The molecule has 3 aromatic rings. The number of hydrogen-bond donors (Lipinski definition) is 1. The maximum atomic E-state index is 12.0. The van der Waals surface area contributed by atoms with Crippen LogP contribution >= 0.6 is 0 Å². The molecule has 25 heavy (non-hydrogen) atoms. The van der Waals surface area contributed by atoms with E-state index in [9.17, 15) is 4.79 Å². The van der Waals surface area contributed by atoms with Crippen LogP contribution in [0.1, 0.15) is 41.0 Å². The highest BCUT2D eigenvalue weighted by atomic mass is 16.5. The van der Waals surface area contributed by atoms with E-state index in [-0.39, 0.29) is 0 Å². The zero-order valence-corrected chi connectivity index (χ0v) is 15.2. The molecule has 3 rings (SSSR count). The topological polar surface area (TPSA) is 65.2 Å². The second-order valence-corrected chi connectivity index (χ2v) is 5.52. The molecule has 0 aliphatic heterocycles. The van der Waals surface area contributed by atoms with E-state index < -0.39 is 5.97 Å². The smallest absolute Gasteiger partial charge is 0.339 e. The normalized spacial score (nSPS) is 10.1. The van der Waals surface area contributed by atoms with Crippen LogP contribution in [0.5, 0.6) is 0 Å². The van der Waals surface area contributed by atoms with E-state index >= 15 is 0 Å². The lowest BCUT2D eigenvalue weighted by Gasteiger charge is -2.13. The minimum atomic E-state index is -0.420. The van der Waals surface area contributed by atoms with Gasteiger partial charge in [-0.25, -0.2) is 4.79 Å². The number of pyridine rings is 1. The van der Waals surface area contributed by atoms with Crippen LogP contribution in [0.3, 0.4) is 0 Å². The molecule has 0 aliphatic carbocycles. The predicted molar refractivity (Wildman–Crippen MR) is 103 cm³/mol. The second-order valence-electron chi connectivity index (χ2n) is 5.52. The highest BCUT2D eigenvalue weighted by Crippen LogP contribution is 2.30. The van der Waals surface area contributed by atoms with Crippen LogP contribution in [0, 0.1) is 6.92 Å². The van der Waals surface area contributed by atoms with Crippen molar-refractivity contribution in [3.05, 3.63) is 71.0 Å². The molecule has 1 aromatic heterocycles. The SMILES string of the molecule is CC.COC(=O)c1cc(Cc2ccc(C)nc2)c2ccccc2c1N. The molecule has 1 heterocycles. The molecule has 2 aromatic carbocycles. The number of carbonyl (C=O) groups is 1. The fourth-order valence-electron chi connectivity index (χ4n) is 2.72. The molecule has 4 heteroatoms. The van der Waals surface area contributed by atoms with E-state index in [1.165, 1.54) is 7.11 Å². The first-order chi connectivity index (χ1) is 12.1. The number of rotatable bonds is 3. The summed E-state index contributed by atoms with van der Waals surface area (Å²) >= 11 is 0. The standard InChI is InChI=1S/C19H18N2O2.C2H6/c1-12-7-8-13(11-21-12)9-14-10-17(19(22)23-2)18(20)16-6-4-3-5-15(14)16;1-2/h3-8,10-11H,9,20H2,1-2H3;1-2H3. The Morgan fingerprint density at radius 2 is 1.80 bits per heavy atom. The average Bonchev–Trinajstić information content (AvgIpc) is 2.67. The highest BCUT2D eigenvalue weighted by molar-refractivity contribution is 6.06. The summed E-state index contributed by atoms with van der Waals surface area (Å²) in [6.07, 6.45) is 2.54. The van der Waals surface area contributed by atoms with Crippen molar-refractivity contribution in [2.24, 2.45) is 0 Å². The molecule has 0 fully saturated rings. The van der Waals surface area contributed by atoms with Gasteiger partial charge >= 0.3 is 5.97 Å². The van der Waals surface area contributed by atoms with Gasteiger partial charge in [0, 0.05) is 17.3 Å². The Kier molecular flexibility index (Phi) is 6.12. The Hall–Kier alpha value is -2.88. The number of carbonyl (C=O) groups excluding carboxylic acids is 1. The third kappa shape index (κ3) is 3.97. The fraction of sp³-hybridized carbons (Fsp3) is 0.238. The Morgan fingerprint density at radius 1 is 1.12 bits per heavy atom. The van der Waals surface area contributed by atoms with Gasteiger partial charge in [0.05, 0.1) is 18.4 Å². The number of hydrogen-bond acceptors (Lipinski definition) is 4. The molecule has 0 saturated heterocycles. The molecule has 0 atom stereocenters. The summed E-state index contributed by atoms with van der Waals surface area (Å²) in [6, 6.07) is 13.7. The van der Waals surface area contributed by atoms with Crippen molar-refractivity contribution in [2.75, 3.05) is 12.8 Å². The molecule has 2 N–H and O–H groups in total. The van der Waals surface area contributed by atoms with E-state index in [0.717, 1.165) is 27.6 Å². The first kappa shape index (κ1) is 18.5. The molecule has 0 bridgehead atoms. The number of aryl methyl sites for hydroxylation is 1. The monoisotopic (exact) mass is 336 g/mol. The molecule has 0 saturated carbocycles. The van der Waals surface area contributed by atoms with Crippen LogP contribution in [0.4, 0.5) is 5.69 Å². The Labute approximate surface area is 148 Å². The summed E-state index contributed by atoms with van der Waals surface area (Å²) in [7, 11) is 1.36. The van der Waals surface area contributed by atoms with Gasteiger partial charge in [-0.1, -0.05) is 44.2 Å². The third-order valence-corrected chi connectivity index (χ3v) is 3.94. The zero-order valence-electron chi connectivity index (χ0n) is 15.2. The Bertz CT molecular complexity index is 871. The van der Waals surface area contributed by atoms with Gasteiger partial charge in [0.15, 0.2) is 0 Å². The van der Waals surface area contributed by atoms with Gasteiger partial charge in [0.25, 0.3) is 0 Å². The third-order valence-electron chi connectivity index (χ3n) is 3.94. The van der Waals surface area contributed by atoms with E-state index in [1.54, 1.807) is 0 Å². The van der Waals surface area contributed by atoms with Crippen LogP contribution in [0.15, 0.2) is 48.7 Å². The lowest BCUT2D eigenvalue weighted by atomic mass is 9.94. The Morgan fingerprint density at radius 3 is 2.40 bits per heavy atom. The average molecular weight is 336 g/mol. The number of fused-ring (bicyclic) bond motifs is 1. The number of benzene rings is 2. The van der Waals surface area contributed by atoms with Gasteiger partial charge < -0.3 is 10.5 Å². The molecule has 0 unspecified atom stereocenters. The zero-order chi connectivity index (χ0) is 18.4. The van der Waals surface area contributed by atoms with Crippen molar-refractivity contribution in [3.8, 4) is 0 Å². The van der Waals surface area contributed by atoms with E-state index in [0.29, 0.717) is 17.7 Å². The quantitative estimate of drug-likeness (QED) is 0.564. The first-order valence-corrected chi connectivity index (χ1v) is 8.40. The summed E-state index contributed by atoms with van der Waals surface area (Å²) < 4.78 is 4.86. The number of nitrogens with two attached hydrogens (primary N) is 1. The molecule has 0 spiro atoms. The van der Waals surface area contributed by atoms with Crippen molar-refractivity contribution < 1.29 is 9.53 Å². The number of esters is 1. The maximum absolute atomic E-state index is 12.0. The van der Waals surface area contributed by atoms with E-state index in [4.69, 9.17) is 10.5 Å². The van der Waals surface area contributed by atoms with Crippen LogP contribution in [-0.2, 0) is 11.2 Å². The van der Waals surface area contributed by atoms with E-state index in [1.807, 2.05) is 69.4 Å². The van der Waals surface area contributed by atoms with Gasteiger partial charge in [-0.15, -0.1) is 0 Å². The molecular weight excluding hydrogens is 312 g/mol. The van der Waals surface area contributed by atoms with Crippen LogP contribution < -0.4 is 5.73 Å². The van der Waals surface area contributed by atoms with Crippen LogP contribution in [0.2, 0.25) is 0 Å². The van der Waals surface area contributed by atoms with Gasteiger partial charge in [-0.2, -0.15) is 0 Å². The van der Waals surface area contributed by atoms with Crippen LogP contribution in [-0.4, -0.2) is 18.1 Å². The molecule has 4 nitrogen and oxygen atoms in total. The van der Waals surface area contributed by atoms with Crippen molar-refractivity contribution in [2.45, 2.75) is 27.2 Å². The summed E-state index contributed by atoms with van der Waals surface area (Å²) in [5.41, 5.74) is 10.1. The molecule has 0 aliphatic rings. The van der Waals surface area contributed by atoms with Gasteiger partial charge in [-0.3, -0.25) is 4.98 Å². The highest BCUT2D eigenvalue weighted by Gasteiger charge is 2.16. The second kappa shape index (κ2) is 8.29. The summed E-state index contributed by atoms with van der Waals surface area (Å²) in [5, 5.41) is 1.91. The summed E-state index contributed by atoms with van der Waals surface area (Å²) in [5.74, 6) is -0.420. The minimum Gasteiger partial charge on any atom is -0.465 e. The van der Waals surface area contributed by atoms with Crippen molar-refractivity contribution in [3.63, 3.8) is 0 Å². The van der Waals surface area contributed by atoms with Gasteiger partial charge in [-0.05, 0) is 42.0 Å². The first-order valence-electron chi connectivity index (χ1n) is 8.40. The van der Waals surface area contributed by atoms with Gasteiger partial charge in [0.1, 0.15) is 0 Å². The fourth-order valence-corrected chi connectivity index (χ4v) is 2.72. The van der Waals surface area contributed by atoms with Crippen LogP contribution in [0.25, 0.3) is 10.8 Å². The number of aromatic nitrogens is 1. The largest absolute Gasteiger partial charge is 0.465 e. The molecule has 0 radical (unpaired) electrons. The minimum absolute atomic E-state index is 0.404. The number of anilines is 1. The summed E-state index contributed by atoms with van der Waals surface area (Å²) in [6.45, 7) is 5.96. The molecular formula is C21H24N2O2. The number of nitrogen functional groups attached to an aromatic ring is 1. The van der Waals surface area contributed by atoms with Gasteiger partial charge in [0.2, 0.25) is 0 Å². The molecule has 130 valence electrons. The Balaban J connectivity index is 0.00000109. The molecule has 0 amide bonds. The van der Waals surface area contributed by atoms with Crippen molar-refractivity contribution in [1.29, 1.82) is 0 Å².